The SMILES string of the molecule is CCc1sc(=NC(=O)c2cccc(Br)c2)n(C)c1-c1ccc(F)cc1. The molecule has 3 aromatic rings. The van der Waals surface area contributed by atoms with E-state index in [1.54, 1.807) is 24.3 Å². The van der Waals surface area contributed by atoms with Gasteiger partial charge in [-0.2, -0.15) is 4.99 Å². The molecule has 25 heavy (non-hydrogen) atoms. The van der Waals surface area contributed by atoms with Gasteiger partial charge in [-0.3, -0.25) is 4.79 Å². The summed E-state index contributed by atoms with van der Waals surface area (Å²) in [5.41, 5.74) is 2.41. The van der Waals surface area contributed by atoms with Crippen molar-refractivity contribution in [1.82, 2.24) is 4.57 Å². The molecule has 1 amide bonds. The summed E-state index contributed by atoms with van der Waals surface area (Å²) >= 11 is 4.85. The van der Waals surface area contributed by atoms with Crippen molar-refractivity contribution < 1.29 is 9.18 Å². The molecule has 6 heteroatoms. The molecule has 0 unspecified atom stereocenters. The van der Waals surface area contributed by atoms with Gasteiger partial charge in [0.15, 0.2) is 4.80 Å². The van der Waals surface area contributed by atoms with Gasteiger partial charge in [0, 0.05) is 22.0 Å². The van der Waals surface area contributed by atoms with Gasteiger partial charge in [0.25, 0.3) is 5.91 Å². The largest absolute Gasteiger partial charge is 0.319 e. The Hall–Kier alpha value is -2.05. The van der Waals surface area contributed by atoms with Crippen molar-refractivity contribution in [2.45, 2.75) is 13.3 Å². The van der Waals surface area contributed by atoms with Crippen LogP contribution in [0.1, 0.15) is 22.2 Å². The first-order valence-electron chi connectivity index (χ1n) is 7.79. The molecule has 0 atom stereocenters. The summed E-state index contributed by atoms with van der Waals surface area (Å²) in [5, 5.41) is 0. The summed E-state index contributed by atoms with van der Waals surface area (Å²) in [6, 6.07) is 13.5. The Morgan fingerprint density at radius 1 is 1.24 bits per heavy atom. The summed E-state index contributed by atoms with van der Waals surface area (Å²) in [6.45, 7) is 2.05. The van der Waals surface area contributed by atoms with Crippen molar-refractivity contribution in [1.29, 1.82) is 0 Å². The minimum atomic E-state index is -0.286. The molecule has 3 rings (SSSR count). The van der Waals surface area contributed by atoms with E-state index >= 15 is 0 Å². The molecule has 0 fully saturated rings. The van der Waals surface area contributed by atoms with E-state index in [4.69, 9.17) is 0 Å². The van der Waals surface area contributed by atoms with Crippen molar-refractivity contribution in [3.63, 3.8) is 0 Å². The zero-order valence-electron chi connectivity index (χ0n) is 13.8. The van der Waals surface area contributed by atoms with Gasteiger partial charge in [0.05, 0.1) is 5.69 Å². The van der Waals surface area contributed by atoms with Crippen molar-refractivity contribution in [2.75, 3.05) is 0 Å². The Balaban J connectivity index is 2.09. The van der Waals surface area contributed by atoms with E-state index in [9.17, 15) is 9.18 Å². The van der Waals surface area contributed by atoms with Gasteiger partial charge in [-0.25, -0.2) is 4.39 Å². The molecule has 0 aliphatic carbocycles. The van der Waals surface area contributed by atoms with Crippen LogP contribution in [0.15, 0.2) is 58.0 Å². The maximum atomic E-state index is 13.2. The molecule has 0 saturated heterocycles. The van der Waals surface area contributed by atoms with E-state index in [0.717, 1.165) is 27.0 Å². The minimum Gasteiger partial charge on any atom is -0.319 e. The highest BCUT2D eigenvalue weighted by atomic mass is 79.9. The zero-order valence-corrected chi connectivity index (χ0v) is 16.2. The van der Waals surface area contributed by atoms with E-state index in [-0.39, 0.29) is 11.7 Å². The number of carbonyl (C=O) groups is 1. The van der Waals surface area contributed by atoms with Gasteiger partial charge < -0.3 is 4.57 Å². The molecule has 3 nitrogen and oxygen atoms in total. The molecule has 128 valence electrons. The maximum absolute atomic E-state index is 13.2. The average molecular weight is 419 g/mol. The van der Waals surface area contributed by atoms with Gasteiger partial charge in [0.2, 0.25) is 0 Å². The normalized spacial score (nSPS) is 11.8. The summed E-state index contributed by atoms with van der Waals surface area (Å²) in [6.07, 6.45) is 0.811. The molecule has 0 spiro atoms. The highest BCUT2D eigenvalue weighted by molar-refractivity contribution is 9.10. The van der Waals surface area contributed by atoms with Gasteiger partial charge in [-0.15, -0.1) is 11.3 Å². The molecule has 0 radical (unpaired) electrons. The highest BCUT2D eigenvalue weighted by Gasteiger charge is 2.13. The fourth-order valence-corrected chi connectivity index (χ4v) is 4.05. The Labute approximate surface area is 157 Å². The number of benzene rings is 2. The Bertz CT molecular complexity index is 989. The lowest BCUT2D eigenvalue weighted by Gasteiger charge is -2.05. The van der Waals surface area contributed by atoms with E-state index in [0.29, 0.717) is 10.4 Å². The van der Waals surface area contributed by atoms with Crippen LogP contribution in [0.5, 0.6) is 0 Å². The average Bonchev–Trinajstić information content (AvgIpc) is 2.91. The van der Waals surface area contributed by atoms with Crippen LogP contribution in [-0.2, 0) is 13.5 Å². The van der Waals surface area contributed by atoms with Gasteiger partial charge >= 0.3 is 0 Å². The lowest BCUT2D eigenvalue weighted by molar-refractivity contribution is 0.0998. The number of nitrogens with zero attached hydrogens (tertiary/aromatic N) is 2. The molecule has 0 N–H and O–H groups in total. The number of halogens is 2. The summed E-state index contributed by atoms with van der Waals surface area (Å²) in [4.78, 5) is 18.5. The van der Waals surface area contributed by atoms with Crippen LogP contribution in [0.3, 0.4) is 0 Å². The molecule has 1 aromatic heterocycles. The van der Waals surface area contributed by atoms with Crippen molar-refractivity contribution in [3.05, 3.63) is 74.1 Å². The smallest absolute Gasteiger partial charge is 0.279 e. The van der Waals surface area contributed by atoms with Crippen molar-refractivity contribution in [3.8, 4) is 11.3 Å². The molecule has 0 saturated carbocycles. The van der Waals surface area contributed by atoms with Gasteiger partial charge in [-0.1, -0.05) is 28.9 Å². The van der Waals surface area contributed by atoms with E-state index in [2.05, 4.69) is 27.8 Å². The molecular formula is C19H16BrFN2OS. The number of carbonyl (C=O) groups excluding carboxylic acids is 1. The number of aromatic nitrogens is 1. The molecule has 2 aromatic carbocycles. The maximum Gasteiger partial charge on any atom is 0.279 e. The lowest BCUT2D eigenvalue weighted by atomic mass is 10.1. The van der Waals surface area contributed by atoms with Crippen LogP contribution in [0, 0.1) is 5.82 Å². The predicted molar refractivity (Wildman–Crippen MR) is 102 cm³/mol. The van der Waals surface area contributed by atoms with Gasteiger partial charge in [-0.05, 0) is 54.4 Å². The van der Waals surface area contributed by atoms with E-state index in [1.165, 1.54) is 23.5 Å². The Morgan fingerprint density at radius 3 is 2.60 bits per heavy atom. The van der Waals surface area contributed by atoms with Crippen LogP contribution in [0.25, 0.3) is 11.3 Å². The fourth-order valence-electron chi connectivity index (χ4n) is 2.58. The number of amides is 1. The first kappa shape index (κ1) is 17.8. The van der Waals surface area contributed by atoms with Gasteiger partial charge in [0.1, 0.15) is 5.82 Å². The second-order valence-electron chi connectivity index (χ2n) is 5.50. The summed E-state index contributed by atoms with van der Waals surface area (Å²) in [7, 11) is 1.88. The van der Waals surface area contributed by atoms with E-state index in [1.807, 2.05) is 23.7 Å². The topological polar surface area (TPSA) is 34.4 Å². The molecule has 0 aliphatic heterocycles. The van der Waals surface area contributed by atoms with Crippen LogP contribution in [0.2, 0.25) is 0 Å². The van der Waals surface area contributed by atoms with Crippen LogP contribution in [0.4, 0.5) is 4.39 Å². The van der Waals surface area contributed by atoms with Crippen LogP contribution >= 0.6 is 27.3 Å². The van der Waals surface area contributed by atoms with Crippen LogP contribution in [-0.4, -0.2) is 10.5 Å². The third kappa shape index (κ3) is 3.80. The second-order valence-corrected chi connectivity index (χ2v) is 7.48. The first-order chi connectivity index (χ1) is 12.0. The Morgan fingerprint density at radius 2 is 1.96 bits per heavy atom. The standard InChI is InChI=1S/C19H16BrFN2OS/c1-3-16-17(12-7-9-15(21)10-8-12)23(2)19(25-16)22-18(24)13-5-4-6-14(20)11-13/h4-11H,3H2,1-2H3. The lowest BCUT2D eigenvalue weighted by Crippen LogP contribution is -2.14. The number of hydrogen-bond acceptors (Lipinski definition) is 2. The third-order valence-electron chi connectivity index (χ3n) is 3.81. The molecule has 0 bridgehead atoms. The quantitative estimate of drug-likeness (QED) is 0.591. The summed E-state index contributed by atoms with van der Waals surface area (Å²) in [5.74, 6) is -0.555. The monoisotopic (exact) mass is 418 g/mol. The fraction of sp³-hybridized carbons (Fsp3) is 0.158. The molecule has 1 heterocycles. The summed E-state index contributed by atoms with van der Waals surface area (Å²) < 4.78 is 15.9. The number of thiazole rings is 1. The molecular weight excluding hydrogens is 403 g/mol. The first-order valence-corrected chi connectivity index (χ1v) is 9.39. The third-order valence-corrected chi connectivity index (χ3v) is 5.58. The highest BCUT2D eigenvalue weighted by Crippen LogP contribution is 2.26. The van der Waals surface area contributed by atoms with Crippen molar-refractivity contribution in [2.24, 2.45) is 12.0 Å². The predicted octanol–water partition coefficient (Wildman–Crippen LogP) is 4.96. The number of aryl methyl sites for hydroxylation is 1. The van der Waals surface area contributed by atoms with E-state index < -0.39 is 0 Å². The zero-order chi connectivity index (χ0) is 18.0. The molecule has 0 aliphatic rings. The number of hydrogen-bond donors (Lipinski definition) is 0. The Kier molecular flexibility index (Phi) is 5.30. The minimum absolute atomic E-state index is 0.269. The number of rotatable bonds is 3. The van der Waals surface area contributed by atoms with Crippen LogP contribution < -0.4 is 4.80 Å². The second kappa shape index (κ2) is 7.45. The van der Waals surface area contributed by atoms with Crippen molar-refractivity contribution >= 4 is 33.2 Å².